The predicted molar refractivity (Wildman–Crippen MR) is 104 cm³/mol. The first-order valence-corrected chi connectivity index (χ1v) is 9.04. The zero-order valence-electron chi connectivity index (χ0n) is 13.2. The molecule has 0 radical (unpaired) electrons. The Balaban J connectivity index is 2.00. The van der Waals surface area contributed by atoms with Gasteiger partial charge >= 0.3 is 0 Å². The van der Waals surface area contributed by atoms with Gasteiger partial charge in [-0.2, -0.15) is 0 Å². The van der Waals surface area contributed by atoms with Gasteiger partial charge in [-0.1, -0.05) is 71.4 Å². The first-order valence-electron chi connectivity index (χ1n) is 7.47. The molecule has 0 aliphatic rings. The molecule has 0 N–H and O–H groups in total. The molecule has 0 saturated carbocycles. The lowest BCUT2D eigenvalue weighted by Gasteiger charge is -2.08. The molecule has 0 fully saturated rings. The summed E-state index contributed by atoms with van der Waals surface area (Å²) in [7, 11) is 0. The summed E-state index contributed by atoms with van der Waals surface area (Å²) in [5.41, 5.74) is 0.543. The van der Waals surface area contributed by atoms with Crippen molar-refractivity contribution in [1.82, 2.24) is 0 Å². The van der Waals surface area contributed by atoms with E-state index in [2.05, 4.69) is 0 Å². The van der Waals surface area contributed by atoms with Crippen molar-refractivity contribution in [1.29, 1.82) is 0 Å². The maximum atomic E-state index is 12.5. The van der Waals surface area contributed by atoms with Crippen LogP contribution in [0.2, 0.25) is 10.0 Å². The van der Waals surface area contributed by atoms with Crippen LogP contribution in [-0.4, -0.2) is 10.7 Å². The summed E-state index contributed by atoms with van der Waals surface area (Å²) in [5, 5.41) is 12.3. The third-order valence-electron chi connectivity index (χ3n) is 3.58. The van der Waals surface area contributed by atoms with Crippen LogP contribution in [0.5, 0.6) is 0 Å². The molecule has 0 saturated heterocycles. The fourth-order valence-corrected chi connectivity index (χ4v) is 3.89. The number of carbonyl (C=O) groups excluding carboxylic acids is 1. The average molecular weight is 404 g/mol. The number of hydrogen-bond acceptors (Lipinski definition) is 4. The fraction of sp³-hybridized carbons (Fsp3) is 0. The van der Waals surface area contributed by atoms with Crippen LogP contribution in [0.15, 0.2) is 76.5 Å². The van der Waals surface area contributed by atoms with Gasteiger partial charge in [-0.3, -0.25) is 14.9 Å². The van der Waals surface area contributed by atoms with E-state index >= 15 is 0 Å². The number of carbonyl (C=O) groups is 1. The number of rotatable bonds is 5. The third kappa shape index (κ3) is 3.90. The molecule has 0 aliphatic carbocycles. The SMILES string of the molecule is O=C(c1ccccc1)c1ccc(Sc2c(Cl)cccc2Cl)c([N+](=O)[O-])c1. The van der Waals surface area contributed by atoms with Gasteiger partial charge in [0.25, 0.3) is 5.69 Å². The Bertz CT molecular complexity index is 973. The first kappa shape index (κ1) is 18.5. The maximum Gasteiger partial charge on any atom is 0.283 e. The summed E-state index contributed by atoms with van der Waals surface area (Å²) >= 11 is 13.4. The van der Waals surface area contributed by atoms with Gasteiger partial charge in [-0.15, -0.1) is 0 Å². The minimum Gasteiger partial charge on any atom is -0.289 e. The van der Waals surface area contributed by atoms with Gasteiger partial charge in [0.05, 0.1) is 19.9 Å². The van der Waals surface area contributed by atoms with Crippen LogP contribution in [0, 0.1) is 10.1 Å². The minimum atomic E-state index is -0.519. The summed E-state index contributed by atoms with van der Waals surface area (Å²) in [6.45, 7) is 0. The summed E-state index contributed by atoms with van der Waals surface area (Å²) in [4.78, 5) is 24.4. The second kappa shape index (κ2) is 7.91. The average Bonchev–Trinajstić information content (AvgIpc) is 2.65. The Hall–Kier alpha value is -2.34. The van der Waals surface area contributed by atoms with E-state index in [0.29, 0.717) is 25.4 Å². The molecule has 0 aromatic heterocycles. The van der Waals surface area contributed by atoms with E-state index < -0.39 is 4.92 Å². The van der Waals surface area contributed by atoms with Crippen molar-refractivity contribution in [2.24, 2.45) is 0 Å². The van der Waals surface area contributed by atoms with Gasteiger partial charge < -0.3 is 0 Å². The lowest BCUT2D eigenvalue weighted by Crippen LogP contribution is -2.02. The quantitative estimate of drug-likeness (QED) is 0.285. The van der Waals surface area contributed by atoms with Gasteiger partial charge in [-0.25, -0.2) is 0 Å². The zero-order valence-corrected chi connectivity index (χ0v) is 15.5. The lowest BCUT2D eigenvalue weighted by molar-refractivity contribution is -0.387. The van der Waals surface area contributed by atoms with Gasteiger partial charge in [0.2, 0.25) is 0 Å². The Labute approximate surface area is 163 Å². The Morgan fingerprint density at radius 1 is 0.885 bits per heavy atom. The number of ketones is 1. The Morgan fingerprint density at radius 2 is 1.54 bits per heavy atom. The normalized spacial score (nSPS) is 10.5. The molecule has 130 valence electrons. The van der Waals surface area contributed by atoms with E-state index in [0.717, 1.165) is 11.8 Å². The molecule has 0 spiro atoms. The van der Waals surface area contributed by atoms with Gasteiger partial charge in [-0.05, 0) is 24.3 Å². The highest BCUT2D eigenvalue weighted by Gasteiger charge is 2.20. The number of nitro benzene ring substituents is 1. The zero-order chi connectivity index (χ0) is 18.7. The van der Waals surface area contributed by atoms with Crippen LogP contribution in [0.3, 0.4) is 0 Å². The van der Waals surface area contributed by atoms with Crippen molar-refractivity contribution >= 4 is 46.4 Å². The summed E-state index contributed by atoms with van der Waals surface area (Å²) in [6, 6.07) is 18.0. The lowest BCUT2D eigenvalue weighted by atomic mass is 10.0. The van der Waals surface area contributed by atoms with E-state index in [9.17, 15) is 14.9 Å². The highest BCUT2D eigenvalue weighted by Crippen LogP contribution is 2.42. The van der Waals surface area contributed by atoms with Crippen LogP contribution in [0.1, 0.15) is 15.9 Å². The highest BCUT2D eigenvalue weighted by atomic mass is 35.5. The number of nitro groups is 1. The molecular weight excluding hydrogens is 393 g/mol. The first-order chi connectivity index (χ1) is 12.5. The summed E-state index contributed by atoms with van der Waals surface area (Å²) < 4.78 is 0. The van der Waals surface area contributed by atoms with Crippen molar-refractivity contribution in [3.8, 4) is 0 Å². The third-order valence-corrected chi connectivity index (χ3v) is 5.65. The largest absolute Gasteiger partial charge is 0.289 e. The smallest absolute Gasteiger partial charge is 0.283 e. The van der Waals surface area contributed by atoms with Crippen molar-refractivity contribution in [2.75, 3.05) is 0 Å². The second-order valence-electron chi connectivity index (χ2n) is 5.29. The van der Waals surface area contributed by atoms with E-state index in [1.807, 2.05) is 0 Å². The number of hydrogen-bond donors (Lipinski definition) is 0. The van der Waals surface area contributed by atoms with Crippen molar-refractivity contribution in [3.63, 3.8) is 0 Å². The van der Waals surface area contributed by atoms with E-state index in [-0.39, 0.29) is 17.0 Å². The molecule has 0 unspecified atom stereocenters. The van der Waals surface area contributed by atoms with E-state index in [1.54, 1.807) is 60.7 Å². The molecule has 26 heavy (non-hydrogen) atoms. The van der Waals surface area contributed by atoms with Crippen molar-refractivity contribution in [2.45, 2.75) is 9.79 Å². The predicted octanol–water partition coefficient (Wildman–Crippen LogP) is 6.28. The van der Waals surface area contributed by atoms with Gasteiger partial charge in [0.1, 0.15) is 0 Å². The van der Waals surface area contributed by atoms with Crippen LogP contribution < -0.4 is 0 Å². The Morgan fingerprint density at radius 3 is 2.15 bits per heavy atom. The van der Waals surface area contributed by atoms with Crippen LogP contribution in [-0.2, 0) is 0 Å². The molecule has 0 heterocycles. The van der Waals surface area contributed by atoms with Crippen molar-refractivity contribution in [3.05, 3.63) is 98.0 Å². The molecule has 4 nitrogen and oxygen atoms in total. The number of benzene rings is 3. The van der Waals surface area contributed by atoms with E-state index in [4.69, 9.17) is 23.2 Å². The molecule has 7 heteroatoms. The van der Waals surface area contributed by atoms with Gasteiger partial charge in [0.15, 0.2) is 5.78 Å². The molecular formula is C19H11Cl2NO3S. The molecule has 3 aromatic carbocycles. The maximum absolute atomic E-state index is 12.5. The Kier molecular flexibility index (Phi) is 5.61. The molecule has 0 aliphatic heterocycles. The van der Waals surface area contributed by atoms with Crippen LogP contribution in [0.25, 0.3) is 0 Å². The van der Waals surface area contributed by atoms with E-state index in [1.165, 1.54) is 6.07 Å². The second-order valence-corrected chi connectivity index (χ2v) is 7.15. The topological polar surface area (TPSA) is 60.2 Å². The minimum absolute atomic E-state index is 0.173. The summed E-state index contributed by atoms with van der Waals surface area (Å²) in [6.07, 6.45) is 0. The number of nitrogens with zero attached hydrogens (tertiary/aromatic N) is 1. The molecule has 3 rings (SSSR count). The number of halogens is 2. The summed E-state index contributed by atoms with van der Waals surface area (Å²) in [5.74, 6) is -0.277. The highest BCUT2D eigenvalue weighted by molar-refractivity contribution is 7.99. The van der Waals surface area contributed by atoms with Gasteiger partial charge in [0, 0.05) is 22.1 Å². The molecule has 3 aromatic rings. The van der Waals surface area contributed by atoms with Crippen molar-refractivity contribution < 1.29 is 9.72 Å². The fourth-order valence-electron chi connectivity index (χ4n) is 2.33. The standard InChI is InChI=1S/C19H11Cl2NO3S/c20-14-7-4-8-15(21)19(14)26-17-10-9-13(11-16(17)22(24)25)18(23)12-5-2-1-3-6-12/h1-11H. The van der Waals surface area contributed by atoms with Crippen LogP contribution in [0.4, 0.5) is 5.69 Å². The molecule has 0 bridgehead atoms. The monoisotopic (exact) mass is 403 g/mol. The van der Waals surface area contributed by atoms with Crippen LogP contribution >= 0.6 is 35.0 Å². The molecule has 0 atom stereocenters. The molecule has 0 amide bonds.